The largest absolute Gasteiger partial charge is 0.358 e. The molecule has 108 valence electrons. The standard InChI is InChI=1S/C14H15N5OS/c1-14(2,7-15-8-20)9-3-4-10-11(5-9)18-13(17-10)12-6-16-19-21-12/h3-6,8H,7H2,1-2H3,(H,15,20)(H,17,18). The van der Waals surface area contributed by atoms with Crippen LogP contribution in [-0.2, 0) is 10.2 Å². The lowest BCUT2D eigenvalue weighted by atomic mass is 9.84. The van der Waals surface area contributed by atoms with Crippen LogP contribution in [0.1, 0.15) is 19.4 Å². The minimum atomic E-state index is -0.146. The van der Waals surface area contributed by atoms with E-state index in [1.54, 1.807) is 6.20 Å². The van der Waals surface area contributed by atoms with Crippen molar-refractivity contribution < 1.29 is 4.79 Å². The van der Waals surface area contributed by atoms with Gasteiger partial charge in [0.2, 0.25) is 6.41 Å². The second-order valence-electron chi connectivity index (χ2n) is 5.48. The maximum atomic E-state index is 10.5. The third-order valence-electron chi connectivity index (χ3n) is 3.49. The molecule has 3 rings (SSSR count). The number of H-pyrrole nitrogens is 1. The fraction of sp³-hybridized carbons (Fsp3) is 0.286. The molecule has 3 aromatic rings. The molecule has 0 bridgehead atoms. The van der Waals surface area contributed by atoms with Crippen LogP contribution in [0.2, 0.25) is 0 Å². The second-order valence-corrected chi connectivity index (χ2v) is 6.27. The van der Waals surface area contributed by atoms with Gasteiger partial charge in [-0.3, -0.25) is 4.79 Å². The number of hydrogen-bond donors (Lipinski definition) is 2. The molecule has 2 N–H and O–H groups in total. The van der Waals surface area contributed by atoms with Crippen molar-refractivity contribution >= 4 is 29.0 Å². The first-order valence-electron chi connectivity index (χ1n) is 6.55. The van der Waals surface area contributed by atoms with Crippen molar-refractivity contribution in [2.45, 2.75) is 19.3 Å². The highest BCUT2D eigenvalue weighted by molar-refractivity contribution is 7.09. The molecule has 7 heteroatoms. The molecule has 1 amide bonds. The van der Waals surface area contributed by atoms with Crippen molar-refractivity contribution in [2.24, 2.45) is 0 Å². The average molecular weight is 301 g/mol. The molecule has 1 aromatic carbocycles. The summed E-state index contributed by atoms with van der Waals surface area (Å²) in [5.74, 6) is 0.779. The lowest BCUT2D eigenvalue weighted by Gasteiger charge is -2.24. The molecule has 2 heterocycles. The fourth-order valence-corrected chi connectivity index (χ4v) is 2.68. The monoisotopic (exact) mass is 301 g/mol. The third-order valence-corrected chi connectivity index (χ3v) is 4.16. The van der Waals surface area contributed by atoms with Gasteiger partial charge < -0.3 is 10.3 Å². The predicted molar refractivity (Wildman–Crippen MR) is 82.1 cm³/mol. The van der Waals surface area contributed by atoms with Gasteiger partial charge >= 0.3 is 0 Å². The molecule has 0 saturated carbocycles. The van der Waals surface area contributed by atoms with Gasteiger partial charge in [-0.2, -0.15) is 0 Å². The Hall–Kier alpha value is -2.28. The molecule has 0 aliphatic carbocycles. The number of hydrogen-bond acceptors (Lipinski definition) is 5. The van der Waals surface area contributed by atoms with Crippen LogP contribution in [0.4, 0.5) is 0 Å². The number of fused-ring (bicyclic) bond motifs is 1. The molecular weight excluding hydrogens is 286 g/mol. The molecule has 0 aliphatic heterocycles. The van der Waals surface area contributed by atoms with Crippen molar-refractivity contribution in [3.63, 3.8) is 0 Å². The Kier molecular flexibility index (Phi) is 3.42. The summed E-state index contributed by atoms with van der Waals surface area (Å²) in [6.07, 6.45) is 2.42. The number of aromatic amines is 1. The zero-order valence-corrected chi connectivity index (χ0v) is 12.6. The van der Waals surface area contributed by atoms with Crippen molar-refractivity contribution in [2.75, 3.05) is 6.54 Å². The van der Waals surface area contributed by atoms with Crippen molar-refractivity contribution in [3.05, 3.63) is 30.0 Å². The molecule has 0 radical (unpaired) electrons. The van der Waals surface area contributed by atoms with Crippen molar-refractivity contribution in [1.29, 1.82) is 0 Å². The summed E-state index contributed by atoms with van der Waals surface area (Å²) >= 11 is 1.31. The molecule has 6 nitrogen and oxygen atoms in total. The highest BCUT2D eigenvalue weighted by Gasteiger charge is 2.21. The Balaban J connectivity index is 1.98. The first kappa shape index (κ1) is 13.7. The van der Waals surface area contributed by atoms with Gasteiger partial charge in [-0.25, -0.2) is 4.98 Å². The zero-order chi connectivity index (χ0) is 14.9. The van der Waals surface area contributed by atoms with Crippen molar-refractivity contribution in [1.82, 2.24) is 24.9 Å². The van der Waals surface area contributed by atoms with Crippen LogP contribution in [0.25, 0.3) is 21.7 Å². The maximum Gasteiger partial charge on any atom is 0.207 e. The smallest absolute Gasteiger partial charge is 0.207 e. The topological polar surface area (TPSA) is 83.6 Å². The zero-order valence-electron chi connectivity index (χ0n) is 11.8. The van der Waals surface area contributed by atoms with E-state index >= 15 is 0 Å². The van der Waals surface area contributed by atoms with E-state index in [0.29, 0.717) is 6.54 Å². The van der Waals surface area contributed by atoms with Gasteiger partial charge in [0.15, 0.2) is 5.82 Å². The van der Waals surface area contributed by atoms with Gasteiger partial charge in [-0.05, 0) is 29.2 Å². The summed E-state index contributed by atoms with van der Waals surface area (Å²) in [7, 11) is 0. The molecule has 21 heavy (non-hydrogen) atoms. The Labute approximate surface area is 125 Å². The maximum absolute atomic E-state index is 10.5. The van der Waals surface area contributed by atoms with Crippen LogP contribution < -0.4 is 5.32 Å². The minimum Gasteiger partial charge on any atom is -0.358 e. The Morgan fingerprint density at radius 2 is 2.29 bits per heavy atom. The van der Waals surface area contributed by atoms with E-state index in [2.05, 4.69) is 44.8 Å². The Morgan fingerprint density at radius 3 is 3.00 bits per heavy atom. The Bertz CT molecular complexity index is 763. The lowest BCUT2D eigenvalue weighted by molar-refractivity contribution is -0.109. The SMILES string of the molecule is CC(C)(CNC=O)c1ccc2nc(-c3cnns3)[nH]c2c1. The average Bonchev–Trinajstić information content (AvgIpc) is 3.12. The third kappa shape index (κ3) is 2.64. The molecule has 0 spiro atoms. The summed E-state index contributed by atoms with van der Waals surface area (Å²) in [4.78, 5) is 19.2. The minimum absolute atomic E-state index is 0.146. The Morgan fingerprint density at radius 1 is 1.43 bits per heavy atom. The predicted octanol–water partition coefficient (Wildman–Crippen LogP) is 2.10. The van der Waals surface area contributed by atoms with Crippen LogP contribution in [0, 0.1) is 0 Å². The first-order valence-corrected chi connectivity index (χ1v) is 7.32. The number of aromatic nitrogens is 4. The van der Waals surface area contributed by atoms with Crippen LogP contribution in [-0.4, -0.2) is 32.5 Å². The second kappa shape index (κ2) is 5.25. The van der Waals surface area contributed by atoms with E-state index in [9.17, 15) is 4.79 Å². The number of nitrogens with zero attached hydrogens (tertiary/aromatic N) is 3. The molecule has 0 unspecified atom stereocenters. The van der Waals surface area contributed by atoms with E-state index < -0.39 is 0 Å². The molecule has 2 aromatic heterocycles. The van der Waals surface area contributed by atoms with E-state index in [0.717, 1.165) is 33.7 Å². The van der Waals surface area contributed by atoms with Crippen LogP contribution in [0.15, 0.2) is 24.4 Å². The number of rotatable bonds is 5. The molecule has 0 atom stereocenters. The summed E-state index contributed by atoms with van der Waals surface area (Å²) in [6, 6.07) is 6.11. The molecular formula is C14H15N5OS. The number of imidazole rings is 1. The summed E-state index contributed by atoms with van der Waals surface area (Å²) in [5.41, 5.74) is 2.87. The lowest BCUT2D eigenvalue weighted by Crippen LogP contribution is -2.32. The first-order chi connectivity index (χ1) is 10.1. The summed E-state index contributed by atoms with van der Waals surface area (Å²) < 4.78 is 3.85. The summed E-state index contributed by atoms with van der Waals surface area (Å²) in [5, 5.41) is 6.57. The quantitative estimate of drug-likeness (QED) is 0.707. The van der Waals surface area contributed by atoms with E-state index in [1.165, 1.54) is 11.5 Å². The molecule has 0 fully saturated rings. The number of carbonyl (C=O) groups is 1. The number of nitrogens with one attached hydrogen (secondary N) is 2. The van der Waals surface area contributed by atoms with Crippen molar-refractivity contribution in [3.8, 4) is 10.7 Å². The van der Waals surface area contributed by atoms with E-state index in [1.807, 2.05) is 12.1 Å². The number of benzene rings is 1. The van der Waals surface area contributed by atoms with E-state index in [4.69, 9.17) is 0 Å². The highest BCUT2D eigenvalue weighted by atomic mass is 32.1. The van der Waals surface area contributed by atoms with Crippen LogP contribution in [0.3, 0.4) is 0 Å². The highest BCUT2D eigenvalue weighted by Crippen LogP contribution is 2.27. The van der Waals surface area contributed by atoms with Crippen LogP contribution >= 0.6 is 11.5 Å². The van der Waals surface area contributed by atoms with Crippen LogP contribution in [0.5, 0.6) is 0 Å². The van der Waals surface area contributed by atoms with Gasteiger partial charge in [0, 0.05) is 12.0 Å². The molecule has 0 saturated heterocycles. The van der Waals surface area contributed by atoms with Gasteiger partial charge in [0.1, 0.15) is 4.88 Å². The van der Waals surface area contributed by atoms with Gasteiger partial charge in [0.05, 0.1) is 17.2 Å². The summed E-state index contributed by atoms with van der Waals surface area (Å²) in [6.45, 7) is 4.77. The number of amides is 1. The van der Waals surface area contributed by atoms with Gasteiger partial charge in [-0.1, -0.05) is 24.4 Å². The van der Waals surface area contributed by atoms with E-state index in [-0.39, 0.29) is 5.41 Å². The fourth-order valence-electron chi connectivity index (χ4n) is 2.22. The van der Waals surface area contributed by atoms with Gasteiger partial charge in [0.25, 0.3) is 0 Å². The normalized spacial score (nSPS) is 11.7. The number of carbonyl (C=O) groups excluding carboxylic acids is 1. The van der Waals surface area contributed by atoms with Gasteiger partial charge in [-0.15, -0.1) is 5.10 Å². The molecule has 0 aliphatic rings.